The molecule has 1 heterocycles. The number of hydrogen-bond acceptors (Lipinski definition) is 4. The Balaban J connectivity index is 2.98. The summed E-state index contributed by atoms with van der Waals surface area (Å²) in [6.45, 7) is 3.14. The number of aliphatic hydroxyl groups excluding tert-OH is 1. The fraction of sp³-hybridized carbons (Fsp3) is 0.600. The lowest BCUT2D eigenvalue weighted by molar-refractivity contribution is 0.303. The predicted molar refractivity (Wildman–Crippen MR) is 59.1 cm³/mol. The summed E-state index contributed by atoms with van der Waals surface area (Å²) in [6.07, 6.45) is 4.20. The molecule has 84 valence electrons. The summed E-state index contributed by atoms with van der Waals surface area (Å²) >= 11 is 0. The zero-order valence-electron chi connectivity index (χ0n) is 9.18. The van der Waals surface area contributed by atoms with Gasteiger partial charge in [0.1, 0.15) is 0 Å². The molecule has 0 saturated heterocycles. The lowest BCUT2D eigenvalue weighted by atomic mass is 10.4. The largest absolute Gasteiger partial charge is 0.395 e. The van der Waals surface area contributed by atoms with Crippen molar-refractivity contribution in [3.63, 3.8) is 0 Å². The third-order valence-corrected chi connectivity index (χ3v) is 2.16. The Morgan fingerprint density at radius 3 is 2.93 bits per heavy atom. The van der Waals surface area contributed by atoms with Crippen molar-refractivity contribution in [1.82, 2.24) is 9.55 Å². The van der Waals surface area contributed by atoms with Gasteiger partial charge in [-0.3, -0.25) is 4.79 Å². The van der Waals surface area contributed by atoms with Gasteiger partial charge in [-0.15, -0.1) is 0 Å². The summed E-state index contributed by atoms with van der Waals surface area (Å²) in [5.74, 6) is 0.389. The molecular formula is C10H17N3O2. The van der Waals surface area contributed by atoms with E-state index in [4.69, 9.17) is 5.11 Å². The van der Waals surface area contributed by atoms with Gasteiger partial charge in [0.25, 0.3) is 5.56 Å². The highest BCUT2D eigenvalue weighted by Gasteiger charge is 2.08. The van der Waals surface area contributed by atoms with Gasteiger partial charge in [-0.1, -0.05) is 6.92 Å². The van der Waals surface area contributed by atoms with Crippen molar-refractivity contribution < 1.29 is 5.11 Å². The van der Waals surface area contributed by atoms with Crippen LogP contribution in [0, 0.1) is 0 Å². The van der Waals surface area contributed by atoms with E-state index in [0.29, 0.717) is 18.9 Å². The average molecular weight is 211 g/mol. The average Bonchev–Trinajstić information content (AvgIpc) is 2.22. The van der Waals surface area contributed by atoms with Crippen molar-refractivity contribution in [2.45, 2.75) is 19.9 Å². The molecule has 0 aliphatic heterocycles. The number of hydrogen-bond donors (Lipinski definition) is 1. The molecule has 0 aliphatic rings. The molecule has 0 radical (unpaired) electrons. The quantitative estimate of drug-likeness (QED) is 0.749. The van der Waals surface area contributed by atoms with Crippen LogP contribution in [0.2, 0.25) is 0 Å². The summed E-state index contributed by atoms with van der Waals surface area (Å²) < 4.78 is 1.64. The van der Waals surface area contributed by atoms with Crippen LogP contribution in [0.5, 0.6) is 0 Å². The van der Waals surface area contributed by atoms with Crippen molar-refractivity contribution in [3.8, 4) is 0 Å². The Kier molecular flexibility index (Phi) is 4.30. The zero-order valence-corrected chi connectivity index (χ0v) is 9.18. The molecule has 1 aromatic rings. The molecule has 15 heavy (non-hydrogen) atoms. The van der Waals surface area contributed by atoms with Crippen LogP contribution in [0.4, 0.5) is 5.82 Å². The smallest absolute Gasteiger partial charge is 0.293 e. The van der Waals surface area contributed by atoms with Crippen molar-refractivity contribution in [2.75, 3.05) is 25.1 Å². The molecule has 1 N–H and O–H groups in total. The lowest BCUT2D eigenvalue weighted by Gasteiger charge is -2.16. The Labute approximate surface area is 89.0 Å². The number of aryl methyl sites for hydroxylation is 1. The van der Waals surface area contributed by atoms with E-state index in [0.717, 1.165) is 6.42 Å². The summed E-state index contributed by atoms with van der Waals surface area (Å²) in [6, 6.07) is 0. The molecule has 0 saturated carbocycles. The summed E-state index contributed by atoms with van der Waals surface area (Å²) in [4.78, 5) is 17.5. The molecule has 5 heteroatoms. The van der Waals surface area contributed by atoms with Crippen LogP contribution >= 0.6 is 0 Å². The van der Waals surface area contributed by atoms with E-state index in [9.17, 15) is 4.79 Å². The van der Waals surface area contributed by atoms with Crippen LogP contribution in [0.15, 0.2) is 17.2 Å². The van der Waals surface area contributed by atoms with Crippen LogP contribution in [-0.2, 0) is 6.54 Å². The number of nitrogens with zero attached hydrogens (tertiary/aromatic N) is 3. The van der Waals surface area contributed by atoms with Gasteiger partial charge in [0, 0.05) is 32.5 Å². The monoisotopic (exact) mass is 211 g/mol. The third kappa shape index (κ3) is 2.79. The van der Waals surface area contributed by atoms with Crippen LogP contribution in [0.3, 0.4) is 0 Å². The number of aliphatic hydroxyl groups is 1. The van der Waals surface area contributed by atoms with Gasteiger partial charge in [-0.05, 0) is 6.42 Å². The minimum atomic E-state index is -0.102. The number of aromatic nitrogens is 2. The van der Waals surface area contributed by atoms with Gasteiger partial charge >= 0.3 is 0 Å². The van der Waals surface area contributed by atoms with E-state index in [1.165, 1.54) is 0 Å². The highest BCUT2D eigenvalue weighted by atomic mass is 16.3. The maximum Gasteiger partial charge on any atom is 0.293 e. The number of likely N-dealkylation sites (N-methyl/N-ethyl adjacent to an activating group) is 1. The van der Waals surface area contributed by atoms with E-state index >= 15 is 0 Å². The summed E-state index contributed by atoms with van der Waals surface area (Å²) in [5, 5.41) is 8.78. The Bertz CT molecular complexity index is 362. The third-order valence-electron chi connectivity index (χ3n) is 2.16. The van der Waals surface area contributed by atoms with Crippen LogP contribution < -0.4 is 10.5 Å². The fourth-order valence-electron chi connectivity index (χ4n) is 1.37. The highest BCUT2D eigenvalue weighted by molar-refractivity contribution is 5.34. The zero-order chi connectivity index (χ0) is 11.3. The molecule has 0 fully saturated rings. The van der Waals surface area contributed by atoms with E-state index in [1.54, 1.807) is 28.9 Å². The van der Waals surface area contributed by atoms with E-state index in [1.807, 2.05) is 6.92 Å². The Morgan fingerprint density at radius 1 is 1.60 bits per heavy atom. The van der Waals surface area contributed by atoms with Gasteiger partial charge in [0.2, 0.25) is 0 Å². The van der Waals surface area contributed by atoms with E-state index in [2.05, 4.69) is 4.98 Å². The van der Waals surface area contributed by atoms with Gasteiger partial charge in [-0.25, -0.2) is 4.98 Å². The van der Waals surface area contributed by atoms with Gasteiger partial charge in [0.15, 0.2) is 5.82 Å². The molecule has 5 nitrogen and oxygen atoms in total. The standard InChI is InChI=1S/C10H17N3O2/c1-3-5-13-6-4-11-9(10(13)15)12(2)7-8-14/h4,6,14H,3,5,7-8H2,1-2H3. The van der Waals surface area contributed by atoms with E-state index in [-0.39, 0.29) is 12.2 Å². The first kappa shape index (κ1) is 11.7. The van der Waals surface area contributed by atoms with Crippen molar-refractivity contribution in [1.29, 1.82) is 0 Å². The minimum absolute atomic E-state index is 0.0142. The molecule has 0 amide bonds. The molecule has 0 spiro atoms. The molecule has 0 atom stereocenters. The molecular weight excluding hydrogens is 194 g/mol. The Hall–Kier alpha value is -1.36. The van der Waals surface area contributed by atoms with Crippen molar-refractivity contribution >= 4 is 5.82 Å². The molecule has 0 aromatic carbocycles. The molecule has 0 unspecified atom stereocenters. The lowest BCUT2D eigenvalue weighted by Crippen LogP contribution is -2.32. The first-order valence-corrected chi connectivity index (χ1v) is 5.08. The molecule has 1 aromatic heterocycles. The van der Waals surface area contributed by atoms with Crippen LogP contribution in [0.1, 0.15) is 13.3 Å². The molecule has 0 aliphatic carbocycles. The number of anilines is 1. The predicted octanol–water partition coefficient (Wildman–Crippen LogP) is 0.0818. The second-order valence-electron chi connectivity index (χ2n) is 3.39. The van der Waals surface area contributed by atoms with Gasteiger partial charge in [-0.2, -0.15) is 0 Å². The van der Waals surface area contributed by atoms with Gasteiger partial charge < -0.3 is 14.6 Å². The first-order valence-electron chi connectivity index (χ1n) is 5.08. The highest BCUT2D eigenvalue weighted by Crippen LogP contribution is 1.99. The van der Waals surface area contributed by atoms with Crippen LogP contribution in [-0.4, -0.2) is 34.9 Å². The normalized spacial score (nSPS) is 10.3. The van der Waals surface area contributed by atoms with Crippen LogP contribution in [0.25, 0.3) is 0 Å². The maximum atomic E-state index is 11.9. The molecule has 0 bridgehead atoms. The topological polar surface area (TPSA) is 58.4 Å². The SMILES string of the molecule is CCCn1ccnc(N(C)CCO)c1=O. The first-order chi connectivity index (χ1) is 7.20. The second-order valence-corrected chi connectivity index (χ2v) is 3.39. The minimum Gasteiger partial charge on any atom is -0.395 e. The Morgan fingerprint density at radius 2 is 2.33 bits per heavy atom. The number of rotatable bonds is 5. The second kappa shape index (κ2) is 5.50. The van der Waals surface area contributed by atoms with Gasteiger partial charge in [0.05, 0.1) is 6.61 Å². The van der Waals surface area contributed by atoms with E-state index < -0.39 is 0 Å². The summed E-state index contributed by atoms with van der Waals surface area (Å²) in [5.41, 5.74) is -0.102. The fourth-order valence-corrected chi connectivity index (χ4v) is 1.37. The van der Waals surface area contributed by atoms with Crippen molar-refractivity contribution in [3.05, 3.63) is 22.7 Å². The summed E-state index contributed by atoms with van der Waals surface area (Å²) in [7, 11) is 1.75. The van der Waals surface area contributed by atoms with Crippen molar-refractivity contribution in [2.24, 2.45) is 0 Å². The maximum absolute atomic E-state index is 11.9. The molecule has 1 rings (SSSR count).